The molecule has 0 saturated heterocycles. The highest BCUT2D eigenvalue weighted by molar-refractivity contribution is 5.68. The molecule has 0 atom stereocenters. The number of hydrogen-bond donors (Lipinski definition) is 0. The molecule has 0 radical (unpaired) electrons. The first-order valence-electron chi connectivity index (χ1n) is 9.04. The van der Waals surface area contributed by atoms with Gasteiger partial charge in [-0.05, 0) is 78.4 Å². The van der Waals surface area contributed by atoms with Crippen LogP contribution in [-0.2, 0) is 0 Å². The SMILES string of the molecule is Cc1cc(-c2ccc(C)c(C)c2)n(-c2ccc(-c3ccccc3)cc2)c1. The quantitative estimate of drug-likeness (QED) is 0.390. The highest BCUT2D eigenvalue weighted by Gasteiger charge is 2.09. The molecule has 26 heavy (non-hydrogen) atoms. The molecule has 0 saturated carbocycles. The fourth-order valence-corrected chi connectivity index (χ4v) is 3.38. The summed E-state index contributed by atoms with van der Waals surface area (Å²) in [6.07, 6.45) is 2.21. The molecule has 128 valence electrons. The Kier molecular flexibility index (Phi) is 4.22. The number of hydrogen-bond acceptors (Lipinski definition) is 0. The van der Waals surface area contributed by atoms with Crippen LogP contribution < -0.4 is 0 Å². The fourth-order valence-electron chi connectivity index (χ4n) is 3.38. The monoisotopic (exact) mass is 337 g/mol. The Labute approximate surface area is 155 Å². The maximum Gasteiger partial charge on any atom is 0.0531 e. The maximum atomic E-state index is 2.29. The van der Waals surface area contributed by atoms with Crippen molar-refractivity contribution in [3.8, 4) is 28.1 Å². The molecule has 0 bridgehead atoms. The first kappa shape index (κ1) is 16.4. The standard InChI is InChI=1S/C25H23N/c1-18-15-25(23-10-9-19(2)20(3)16-23)26(17-18)24-13-11-22(12-14-24)21-7-5-4-6-8-21/h4-17H,1-3H3. The van der Waals surface area contributed by atoms with Crippen LogP contribution in [0.5, 0.6) is 0 Å². The lowest BCUT2D eigenvalue weighted by Gasteiger charge is -2.12. The molecule has 1 nitrogen and oxygen atoms in total. The highest BCUT2D eigenvalue weighted by atomic mass is 15.0. The molecular weight excluding hydrogens is 314 g/mol. The normalized spacial score (nSPS) is 10.9. The maximum absolute atomic E-state index is 2.29. The number of rotatable bonds is 3. The van der Waals surface area contributed by atoms with Crippen molar-refractivity contribution >= 4 is 0 Å². The lowest BCUT2D eigenvalue weighted by atomic mass is 10.0. The van der Waals surface area contributed by atoms with Gasteiger partial charge in [0.15, 0.2) is 0 Å². The van der Waals surface area contributed by atoms with E-state index in [1.54, 1.807) is 0 Å². The Morgan fingerprint density at radius 1 is 0.577 bits per heavy atom. The molecule has 4 aromatic rings. The van der Waals surface area contributed by atoms with Gasteiger partial charge in [-0.15, -0.1) is 0 Å². The molecule has 3 aromatic carbocycles. The van der Waals surface area contributed by atoms with Gasteiger partial charge < -0.3 is 4.57 Å². The van der Waals surface area contributed by atoms with Crippen molar-refractivity contribution in [3.05, 3.63) is 102 Å². The van der Waals surface area contributed by atoms with Crippen LogP contribution in [0.25, 0.3) is 28.1 Å². The van der Waals surface area contributed by atoms with Crippen LogP contribution in [0.2, 0.25) is 0 Å². The van der Waals surface area contributed by atoms with Gasteiger partial charge in [0.1, 0.15) is 0 Å². The van der Waals surface area contributed by atoms with Crippen LogP contribution in [-0.4, -0.2) is 4.57 Å². The van der Waals surface area contributed by atoms with Gasteiger partial charge in [0, 0.05) is 11.9 Å². The molecule has 4 rings (SSSR count). The zero-order valence-corrected chi connectivity index (χ0v) is 15.5. The first-order chi connectivity index (χ1) is 12.6. The molecule has 0 aliphatic heterocycles. The van der Waals surface area contributed by atoms with E-state index < -0.39 is 0 Å². The summed E-state index contributed by atoms with van der Waals surface area (Å²) in [5.74, 6) is 0. The van der Waals surface area contributed by atoms with Crippen LogP contribution in [0.15, 0.2) is 85.1 Å². The minimum Gasteiger partial charge on any atom is -0.316 e. The van der Waals surface area contributed by atoms with E-state index in [4.69, 9.17) is 0 Å². The largest absolute Gasteiger partial charge is 0.316 e. The van der Waals surface area contributed by atoms with Gasteiger partial charge in [0.25, 0.3) is 0 Å². The van der Waals surface area contributed by atoms with E-state index in [-0.39, 0.29) is 0 Å². The summed E-state index contributed by atoms with van der Waals surface area (Å²) in [4.78, 5) is 0. The van der Waals surface area contributed by atoms with E-state index in [0.29, 0.717) is 0 Å². The van der Waals surface area contributed by atoms with Crippen LogP contribution in [0, 0.1) is 20.8 Å². The van der Waals surface area contributed by atoms with Crippen LogP contribution in [0.3, 0.4) is 0 Å². The van der Waals surface area contributed by atoms with E-state index in [2.05, 4.69) is 110 Å². The third kappa shape index (κ3) is 3.09. The average Bonchev–Trinajstić information content (AvgIpc) is 3.06. The number of aryl methyl sites for hydroxylation is 3. The molecule has 0 spiro atoms. The minimum absolute atomic E-state index is 1.19. The first-order valence-corrected chi connectivity index (χ1v) is 9.04. The van der Waals surface area contributed by atoms with Crippen LogP contribution in [0.4, 0.5) is 0 Å². The number of nitrogens with zero attached hydrogens (tertiary/aromatic N) is 1. The smallest absolute Gasteiger partial charge is 0.0531 e. The summed E-state index contributed by atoms with van der Waals surface area (Å²) in [7, 11) is 0. The Balaban J connectivity index is 1.75. The number of aromatic nitrogens is 1. The predicted molar refractivity (Wildman–Crippen MR) is 111 cm³/mol. The second-order valence-electron chi connectivity index (χ2n) is 6.98. The summed E-state index contributed by atoms with van der Waals surface area (Å²) in [5.41, 5.74) is 10.1. The van der Waals surface area contributed by atoms with Gasteiger partial charge in [0.2, 0.25) is 0 Å². The Morgan fingerprint density at radius 2 is 1.23 bits per heavy atom. The molecule has 0 aliphatic carbocycles. The topological polar surface area (TPSA) is 4.93 Å². The molecular formula is C25H23N. The Bertz CT molecular complexity index is 1040. The summed E-state index contributed by atoms with van der Waals surface area (Å²) < 4.78 is 2.29. The van der Waals surface area contributed by atoms with E-state index in [1.807, 2.05) is 0 Å². The van der Waals surface area contributed by atoms with Crippen LogP contribution >= 0.6 is 0 Å². The lowest BCUT2D eigenvalue weighted by molar-refractivity contribution is 1.08. The fraction of sp³-hybridized carbons (Fsp3) is 0.120. The molecule has 1 aromatic heterocycles. The second-order valence-corrected chi connectivity index (χ2v) is 6.98. The highest BCUT2D eigenvalue weighted by Crippen LogP contribution is 2.29. The molecule has 0 amide bonds. The molecule has 0 N–H and O–H groups in total. The summed E-state index contributed by atoms with van der Waals surface area (Å²) >= 11 is 0. The molecule has 1 heteroatoms. The third-order valence-electron chi connectivity index (χ3n) is 5.01. The van der Waals surface area contributed by atoms with Gasteiger partial charge in [0.05, 0.1) is 5.69 Å². The van der Waals surface area contributed by atoms with Crippen molar-refractivity contribution < 1.29 is 0 Å². The Hall–Kier alpha value is -3.06. The van der Waals surface area contributed by atoms with Crippen LogP contribution in [0.1, 0.15) is 16.7 Å². The van der Waals surface area contributed by atoms with Crippen molar-refractivity contribution in [1.29, 1.82) is 0 Å². The van der Waals surface area contributed by atoms with Crippen molar-refractivity contribution in [2.45, 2.75) is 20.8 Å². The van der Waals surface area contributed by atoms with Crippen molar-refractivity contribution in [1.82, 2.24) is 4.57 Å². The summed E-state index contributed by atoms with van der Waals surface area (Å²) in [6.45, 7) is 6.48. The van der Waals surface area contributed by atoms with E-state index in [1.165, 1.54) is 44.8 Å². The molecule has 1 heterocycles. The summed E-state index contributed by atoms with van der Waals surface area (Å²) in [5, 5.41) is 0. The van der Waals surface area contributed by atoms with Gasteiger partial charge in [-0.1, -0.05) is 54.6 Å². The Morgan fingerprint density at radius 3 is 1.92 bits per heavy atom. The minimum atomic E-state index is 1.19. The van der Waals surface area contributed by atoms with Crippen molar-refractivity contribution in [3.63, 3.8) is 0 Å². The van der Waals surface area contributed by atoms with Crippen molar-refractivity contribution in [2.24, 2.45) is 0 Å². The van der Waals surface area contributed by atoms with Gasteiger partial charge >= 0.3 is 0 Å². The molecule has 0 aliphatic rings. The zero-order chi connectivity index (χ0) is 18.1. The average molecular weight is 337 g/mol. The predicted octanol–water partition coefficient (Wildman–Crippen LogP) is 6.74. The molecule has 0 fully saturated rings. The zero-order valence-electron chi connectivity index (χ0n) is 15.5. The van der Waals surface area contributed by atoms with Crippen molar-refractivity contribution in [2.75, 3.05) is 0 Å². The lowest BCUT2D eigenvalue weighted by Crippen LogP contribution is -1.95. The van der Waals surface area contributed by atoms with Gasteiger partial charge in [-0.3, -0.25) is 0 Å². The van der Waals surface area contributed by atoms with E-state index in [0.717, 1.165) is 0 Å². The second kappa shape index (κ2) is 6.68. The van der Waals surface area contributed by atoms with E-state index in [9.17, 15) is 0 Å². The number of benzene rings is 3. The van der Waals surface area contributed by atoms with E-state index >= 15 is 0 Å². The summed E-state index contributed by atoms with van der Waals surface area (Å²) in [6, 6.07) is 28.3. The third-order valence-corrected chi connectivity index (χ3v) is 5.01. The van der Waals surface area contributed by atoms with Gasteiger partial charge in [-0.2, -0.15) is 0 Å². The molecule has 0 unspecified atom stereocenters. The van der Waals surface area contributed by atoms with Gasteiger partial charge in [-0.25, -0.2) is 0 Å².